The number of hydrogen-bond acceptors (Lipinski definition) is 10. The van der Waals surface area contributed by atoms with E-state index in [4.69, 9.17) is 16.3 Å². The Balaban J connectivity index is 1.22. The van der Waals surface area contributed by atoms with E-state index < -0.39 is 29.0 Å². The Morgan fingerprint density at radius 1 is 1.10 bits per heavy atom. The summed E-state index contributed by atoms with van der Waals surface area (Å²) in [5.74, 6) is -0.848. The van der Waals surface area contributed by atoms with Gasteiger partial charge < -0.3 is 29.5 Å². The Morgan fingerprint density at radius 3 is 2.53 bits per heavy atom. The maximum absolute atomic E-state index is 14.3. The monoisotopic (exact) mass is 701 g/mol. The molecular formula is C31H31ClF3N9O5. The molecule has 0 unspecified atom stereocenters. The van der Waals surface area contributed by atoms with E-state index in [0.29, 0.717) is 82.3 Å². The van der Waals surface area contributed by atoms with Crippen LogP contribution in [0.5, 0.6) is 5.75 Å². The first-order valence-corrected chi connectivity index (χ1v) is 16.1. The number of nitrogens with one attached hydrogen (secondary N) is 1. The van der Waals surface area contributed by atoms with Gasteiger partial charge in [0.2, 0.25) is 17.6 Å². The van der Waals surface area contributed by atoms with Crippen molar-refractivity contribution in [3.05, 3.63) is 68.1 Å². The highest BCUT2D eigenvalue weighted by molar-refractivity contribution is 6.33. The van der Waals surface area contributed by atoms with Crippen molar-refractivity contribution in [2.24, 2.45) is 0 Å². The summed E-state index contributed by atoms with van der Waals surface area (Å²) in [6.45, 7) is 3.77. The zero-order valence-corrected chi connectivity index (χ0v) is 27.0. The average molecular weight is 702 g/mol. The zero-order valence-electron chi connectivity index (χ0n) is 26.3. The van der Waals surface area contributed by atoms with Gasteiger partial charge in [-0.05, 0) is 50.8 Å². The molecule has 0 saturated carbocycles. The zero-order chi connectivity index (χ0) is 34.7. The quantitative estimate of drug-likeness (QED) is 0.317. The lowest BCUT2D eigenvalue weighted by atomic mass is 9.74. The molecule has 0 bridgehead atoms. The number of benzene rings is 1. The molecule has 3 aromatic heterocycles. The first-order chi connectivity index (χ1) is 23.4. The van der Waals surface area contributed by atoms with Crippen molar-refractivity contribution in [1.82, 2.24) is 34.0 Å². The molecule has 5 heterocycles. The second-order valence-electron chi connectivity index (χ2n) is 12.4. The minimum absolute atomic E-state index is 0.00211. The number of morpholine rings is 1. The lowest BCUT2D eigenvalue weighted by Crippen LogP contribution is -2.46. The highest BCUT2D eigenvalue weighted by Crippen LogP contribution is 2.45. The maximum atomic E-state index is 14.3. The van der Waals surface area contributed by atoms with Crippen LogP contribution in [0.25, 0.3) is 5.78 Å². The highest BCUT2D eigenvalue weighted by atomic mass is 35.5. The molecule has 2 amide bonds. The second kappa shape index (κ2) is 12.3. The van der Waals surface area contributed by atoms with Crippen LogP contribution >= 0.6 is 11.6 Å². The number of aryl methyl sites for hydroxylation is 1. The fourth-order valence-corrected chi connectivity index (χ4v) is 7.19. The predicted molar refractivity (Wildman–Crippen MR) is 169 cm³/mol. The molecule has 2 aliphatic heterocycles. The minimum atomic E-state index is -4.60. The summed E-state index contributed by atoms with van der Waals surface area (Å²) < 4.78 is 47.8. The molecule has 18 heteroatoms. The number of rotatable bonds is 5. The van der Waals surface area contributed by atoms with Crippen LogP contribution in [-0.2, 0) is 34.1 Å². The van der Waals surface area contributed by atoms with Crippen LogP contribution in [0.3, 0.4) is 0 Å². The van der Waals surface area contributed by atoms with E-state index >= 15 is 0 Å². The Hall–Kier alpha value is -4.77. The van der Waals surface area contributed by atoms with Crippen LogP contribution in [-0.4, -0.2) is 90.3 Å². The first-order valence-electron chi connectivity index (χ1n) is 15.7. The molecule has 1 spiro atoms. The van der Waals surface area contributed by atoms with Gasteiger partial charge in [0.1, 0.15) is 12.9 Å². The number of fused-ring (bicyclic) bond motifs is 3. The fourth-order valence-electron chi connectivity index (χ4n) is 6.97. The van der Waals surface area contributed by atoms with Gasteiger partial charge in [-0.15, -0.1) is 5.10 Å². The van der Waals surface area contributed by atoms with E-state index in [1.165, 1.54) is 10.8 Å². The summed E-state index contributed by atoms with van der Waals surface area (Å²) in [6.07, 6.45) is -1.48. The first kappa shape index (κ1) is 32.8. The predicted octanol–water partition coefficient (Wildman–Crippen LogP) is 2.96. The third-order valence-electron chi connectivity index (χ3n) is 9.59. The van der Waals surface area contributed by atoms with Crippen molar-refractivity contribution in [2.45, 2.75) is 50.7 Å². The van der Waals surface area contributed by atoms with E-state index in [9.17, 15) is 32.7 Å². The molecule has 2 saturated heterocycles. The van der Waals surface area contributed by atoms with Crippen molar-refractivity contribution in [2.75, 3.05) is 49.6 Å². The molecule has 258 valence electrons. The number of aromatic hydroxyl groups is 1. The summed E-state index contributed by atoms with van der Waals surface area (Å²) in [4.78, 5) is 57.1. The average Bonchev–Trinajstić information content (AvgIpc) is 3.69. The SMILES string of the molecule is Cc1ncnc(C(=O)N2CCC3(CCc4c3c(=O)n3nc(N5CCOCC5)nc3n4CC(=O)Nc3ccc(C(F)(F)F)cc3Cl)CC2)c1O. The molecule has 0 atom stereocenters. The van der Waals surface area contributed by atoms with Gasteiger partial charge in [-0.25, -0.2) is 9.97 Å². The molecule has 0 radical (unpaired) electrons. The van der Waals surface area contributed by atoms with Gasteiger partial charge >= 0.3 is 6.18 Å². The molecule has 3 aliphatic rings. The number of carbonyl (C=O) groups is 2. The van der Waals surface area contributed by atoms with Gasteiger partial charge in [-0.3, -0.25) is 14.4 Å². The lowest BCUT2D eigenvalue weighted by Gasteiger charge is -2.39. The topological polar surface area (TPSA) is 160 Å². The number of anilines is 2. The third kappa shape index (κ3) is 5.83. The van der Waals surface area contributed by atoms with Crippen LogP contribution in [0.15, 0.2) is 29.3 Å². The Morgan fingerprint density at radius 2 is 1.84 bits per heavy atom. The van der Waals surface area contributed by atoms with E-state index in [1.54, 1.807) is 16.4 Å². The molecule has 14 nitrogen and oxygen atoms in total. The third-order valence-corrected chi connectivity index (χ3v) is 9.91. The number of halogens is 4. The van der Waals surface area contributed by atoms with Crippen LogP contribution in [0, 0.1) is 6.92 Å². The van der Waals surface area contributed by atoms with Crippen molar-refractivity contribution in [1.29, 1.82) is 0 Å². The van der Waals surface area contributed by atoms with Gasteiger partial charge in [-0.1, -0.05) is 11.6 Å². The van der Waals surface area contributed by atoms with Crippen LogP contribution in [0.4, 0.5) is 24.8 Å². The number of nitrogens with zero attached hydrogens (tertiary/aromatic N) is 8. The Labute approximate surface area is 281 Å². The number of aromatic nitrogens is 6. The molecule has 1 aliphatic carbocycles. The molecule has 2 N–H and O–H groups in total. The van der Waals surface area contributed by atoms with E-state index in [0.717, 1.165) is 18.2 Å². The van der Waals surface area contributed by atoms with Crippen molar-refractivity contribution in [3.8, 4) is 5.75 Å². The van der Waals surface area contributed by atoms with E-state index in [-0.39, 0.29) is 45.7 Å². The summed E-state index contributed by atoms with van der Waals surface area (Å²) in [5, 5.41) is 17.3. The number of carbonyl (C=O) groups excluding carboxylic acids is 2. The molecule has 4 aromatic rings. The summed E-state index contributed by atoms with van der Waals surface area (Å²) in [5.41, 5.74) is -0.630. The standard InChI is InChI=1S/C31H31ClF3N9O5/c1-17-25(46)24(37-16-36-17)27(48)41-8-6-30(7-9-41)5-4-21-23(30)26(47)44-29(39-28(40-44)42-10-12-49-13-11-42)43(21)15-22(45)38-20-3-2-18(14-19(20)32)31(33,34)35/h2-3,14,16,46H,4-13,15H2,1H3,(H,38,45). The van der Waals surface area contributed by atoms with Crippen LogP contribution < -0.4 is 15.8 Å². The molecule has 1 aromatic carbocycles. The van der Waals surface area contributed by atoms with Crippen molar-refractivity contribution < 1.29 is 32.6 Å². The smallest absolute Gasteiger partial charge is 0.416 e. The van der Waals surface area contributed by atoms with Gasteiger partial charge in [0, 0.05) is 42.9 Å². The van der Waals surface area contributed by atoms with E-state index in [1.807, 2.05) is 4.90 Å². The van der Waals surface area contributed by atoms with Crippen LogP contribution in [0.1, 0.15) is 52.3 Å². The second-order valence-corrected chi connectivity index (χ2v) is 12.8. The van der Waals surface area contributed by atoms with Crippen LogP contribution in [0.2, 0.25) is 5.02 Å². The Kier molecular flexibility index (Phi) is 8.21. The Bertz CT molecular complexity index is 2040. The summed E-state index contributed by atoms with van der Waals surface area (Å²) >= 11 is 6.11. The van der Waals surface area contributed by atoms with Gasteiger partial charge in [0.15, 0.2) is 11.4 Å². The normalized spacial score (nSPS) is 17.5. The number of hydrogen-bond donors (Lipinski definition) is 2. The van der Waals surface area contributed by atoms with Crippen molar-refractivity contribution >= 4 is 40.8 Å². The largest absolute Gasteiger partial charge is 0.504 e. The minimum Gasteiger partial charge on any atom is -0.504 e. The number of likely N-dealkylation sites (tertiary alicyclic amines) is 1. The number of amides is 2. The van der Waals surface area contributed by atoms with Gasteiger partial charge in [0.25, 0.3) is 11.5 Å². The molecule has 2 fully saturated rings. The summed E-state index contributed by atoms with van der Waals surface area (Å²) in [7, 11) is 0. The van der Waals surface area contributed by atoms with E-state index in [2.05, 4.69) is 25.4 Å². The van der Waals surface area contributed by atoms with Crippen molar-refractivity contribution in [3.63, 3.8) is 0 Å². The highest BCUT2D eigenvalue weighted by Gasteiger charge is 2.46. The molecule has 49 heavy (non-hydrogen) atoms. The lowest BCUT2D eigenvalue weighted by molar-refractivity contribution is -0.137. The van der Waals surface area contributed by atoms with Gasteiger partial charge in [-0.2, -0.15) is 22.7 Å². The maximum Gasteiger partial charge on any atom is 0.416 e. The number of ether oxygens (including phenoxy) is 1. The number of alkyl halides is 3. The van der Waals surface area contributed by atoms with Gasteiger partial charge in [0.05, 0.1) is 35.2 Å². The molecule has 7 rings (SSSR count). The summed E-state index contributed by atoms with van der Waals surface area (Å²) in [6, 6.07) is 2.67. The fraction of sp³-hybridized carbons (Fsp3) is 0.452. The molecular weight excluding hydrogens is 671 g/mol. The number of piperidine rings is 1.